The van der Waals surface area contributed by atoms with Gasteiger partial charge in [0.1, 0.15) is 0 Å². The van der Waals surface area contributed by atoms with E-state index in [0.717, 1.165) is 12.1 Å². The van der Waals surface area contributed by atoms with Gasteiger partial charge in [-0.3, -0.25) is 9.58 Å². The van der Waals surface area contributed by atoms with Crippen molar-refractivity contribution in [1.82, 2.24) is 14.7 Å². The highest BCUT2D eigenvalue weighted by molar-refractivity contribution is 9.09. The van der Waals surface area contributed by atoms with E-state index in [1.54, 1.807) is 15.8 Å². The summed E-state index contributed by atoms with van der Waals surface area (Å²) >= 11 is 3.27. The van der Waals surface area contributed by atoms with Gasteiger partial charge in [-0.15, -0.1) is 0 Å². The number of hydrogen-bond acceptors (Lipinski definition) is 2. The molecule has 0 amide bonds. The van der Waals surface area contributed by atoms with Crippen LogP contribution in [0.4, 0.5) is 8.78 Å². The van der Waals surface area contributed by atoms with Crippen LogP contribution in [0.1, 0.15) is 5.69 Å². The lowest BCUT2D eigenvalue weighted by atomic mass is 10.3. The van der Waals surface area contributed by atoms with Crippen LogP contribution in [0.5, 0.6) is 0 Å². The van der Waals surface area contributed by atoms with Crippen LogP contribution in [0, 0.1) is 0 Å². The van der Waals surface area contributed by atoms with E-state index in [2.05, 4.69) is 21.0 Å². The number of halogens is 3. The van der Waals surface area contributed by atoms with Crippen molar-refractivity contribution >= 4 is 15.9 Å². The Bertz CT molecular complexity index is 304. The smallest absolute Gasteiger partial charge is 0.251 e. The fourth-order valence-electron chi connectivity index (χ4n) is 1.53. The first-order chi connectivity index (χ1) is 7.63. The zero-order valence-corrected chi connectivity index (χ0v) is 10.8. The van der Waals surface area contributed by atoms with E-state index in [0.29, 0.717) is 18.4 Å². The molecule has 0 fully saturated rings. The average Bonchev–Trinajstić information content (AvgIpc) is 2.60. The molecule has 0 atom stereocenters. The van der Waals surface area contributed by atoms with Gasteiger partial charge in [-0.2, -0.15) is 5.10 Å². The Morgan fingerprint density at radius 1 is 1.50 bits per heavy atom. The molecule has 0 aliphatic carbocycles. The van der Waals surface area contributed by atoms with Gasteiger partial charge in [-0.25, -0.2) is 8.78 Å². The van der Waals surface area contributed by atoms with Crippen molar-refractivity contribution in [3.63, 3.8) is 0 Å². The molecule has 0 aliphatic rings. The summed E-state index contributed by atoms with van der Waals surface area (Å²) in [7, 11) is 1.86. The predicted octanol–water partition coefficient (Wildman–Crippen LogP) is 1.92. The molecule has 0 N–H and O–H groups in total. The largest absolute Gasteiger partial charge is 0.297 e. The average molecular weight is 296 g/mol. The molecule has 1 heterocycles. The first-order valence-corrected chi connectivity index (χ1v) is 6.29. The highest BCUT2D eigenvalue weighted by Gasteiger charge is 2.11. The first kappa shape index (κ1) is 13.6. The number of rotatable bonds is 7. The van der Waals surface area contributed by atoms with E-state index < -0.39 is 6.43 Å². The highest BCUT2D eigenvalue weighted by Crippen LogP contribution is 2.03. The van der Waals surface area contributed by atoms with Crippen LogP contribution < -0.4 is 0 Å². The monoisotopic (exact) mass is 295 g/mol. The van der Waals surface area contributed by atoms with Crippen molar-refractivity contribution in [1.29, 1.82) is 0 Å². The highest BCUT2D eigenvalue weighted by atomic mass is 79.9. The van der Waals surface area contributed by atoms with Crippen molar-refractivity contribution in [2.75, 3.05) is 25.0 Å². The summed E-state index contributed by atoms with van der Waals surface area (Å²) in [6.07, 6.45) is 0.193. The summed E-state index contributed by atoms with van der Waals surface area (Å²) in [5.41, 5.74) is 1.06. The molecule has 3 nitrogen and oxygen atoms in total. The maximum Gasteiger partial charge on any atom is 0.251 e. The second kappa shape index (κ2) is 6.96. The molecule has 0 saturated heterocycles. The third kappa shape index (κ3) is 4.57. The summed E-state index contributed by atoms with van der Waals surface area (Å²) in [5, 5.41) is 4.76. The fourth-order valence-corrected chi connectivity index (χ4v) is 2.03. The topological polar surface area (TPSA) is 21.1 Å². The maximum atomic E-state index is 12.3. The van der Waals surface area contributed by atoms with E-state index >= 15 is 0 Å². The molecule has 92 valence electrons. The van der Waals surface area contributed by atoms with E-state index in [1.807, 2.05) is 13.1 Å². The molecule has 0 aliphatic heterocycles. The summed E-state index contributed by atoms with van der Waals surface area (Å²) in [6.45, 7) is 1.11. The Morgan fingerprint density at radius 3 is 2.75 bits per heavy atom. The van der Waals surface area contributed by atoms with Gasteiger partial charge in [0, 0.05) is 43.8 Å². The van der Waals surface area contributed by atoms with Gasteiger partial charge in [0.05, 0.1) is 6.54 Å². The molecule has 6 heteroatoms. The van der Waals surface area contributed by atoms with Crippen LogP contribution in [0.2, 0.25) is 0 Å². The molecule has 1 aromatic heterocycles. The number of aryl methyl sites for hydroxylation is 1. The Hall–Kier alpha value is -0.490. The van der Waals surface area contributed by atoms with Gasteiger partial charge in [0.2, 0.25) is 0 Å². The van der Waals surface area contributed by atoms with Gasteiger partial charge < -0.3 is 0 Å². The number of nitrogens with zero attached hydrogens (tertiary/aromatic N) is 3. The maximum absolute atomic E-state index is 12.3. The third-order valence-electron chi connectivity index (χ3n) is 2.40. The lowest BCUT2D eigenvalue weighted by molar-refractivity contribution is 0.0917. The molecule has 0 unspecified atom stereocenters. The van der Waals surface area contributed by atoms with Gasteiger partial charge in [0.15, 0.2) is 0 Å². The Morgan fingerprint density at radius 2 is 2.25 bits per heavy atom. The SMILES string of the molecule is Cn1nccc1CCN(CCBr)CC(F)F. The van der Waals surface area contributed by atoms with Crippen LogP contribution in [0.15, 0.2) is 12.3 Å². The molecular weight excluding hydrogens is 280 g/mol. The summed E-state index contributed by atoms with van der Waals surface area (Å²) in [6, 6.07) is 1.91. The molecule has 0 bridgehead atoms. The summed E-state index contributed by atoms with van der Waals surface area (Å²) < 4.78 is 26.3. The second-order valence-electron chi connectivity index (χ2n) is 3.58. The van der Waals surface area contributed by atoms with Crippen molar-refractivity contribution < 1.29 is 8.78 Å². The van der Waals surface area contributed by atoms with E-state index in [9.17, 15) is 8.78 Å². The Labute approximate surface area is 103 Å². The standard InChI is InChI=1S/C10H16BrF2N3/c1-15-9(2-5-14-15)3-6-16(7-4-11)8-10(12)13/h2,5,10H,3-4,6-8H2,1H3. The second-order valence-corrected chi connectivity index (χ2v) is 4.37. The predicted molar refractivity (Wildman–Crippen MR) is 63.2 cm³/mol. The Balaban J connectivity index is 2.40. The van der Waals surface area contributed by atoms with Gasteiger partial charge >= 0.3 is 0 Å². The molecule has 16 heavy (non-hydrogen) atoms. The zero-order valence-electron chi connectivity index (χ0n) is 9.24. The lowest BCUT2D eigenvalue weighted by Crippen LogP contribution is -2.32. The van der Waals surface area contributed by atoms with Crippen LogP contribution in [-0.2, 0) is 13.5 Å². The molecule has 0 spiro atoms. The number of alkyl halides is 3. The molecule has 1 aromatic rings. The van der Waals surface area contributed by atoms with Crippen molar-refractivity contribution in [3.8, 4) is 0 Å². The molecule has 0 saturated carbocycles. The van der Waals surface area contributed by atoms with Crippen LogP contribution >= 0.6 is 15.9 Å². The zero-order chi connectivity index (χ0) is 12.0. The minimum atomic E-state index is -2.27. The van der Waals surface area contributed by atoms with Crippen molar-refractivity contribution in [2.24, 2.45) is 7.05 Å². The lowest BCUT2D eigenvalue weighted by Gasteiger charge is -2.20. The van der Waals surface area contributed by atoms with Crippen molar-refractivity contribution in [2.45, 2.75) is 12.8 Å². The van der Waals surface area contributed by atoms with Crippen LogP contribution in [0.3, 0.4) is 0 Å². The van der Waals surface area contributed by atoms with Crippen LogP contribution in [0.25, 0.3) is 0 Å². The number of aromatic nitrogens is 2. The number of hydrogen-bond donors (Lipinski definition) is 0. The normalized spacial score (nSPS) is 11.6. The minimum Gasteiger partial charge on any atom is -0.297 e. The van der Waals surface area contributed by atoms with Gasteiger partial charge in [0.25, 0.3) is 6.43 Å². The molecule has 0 radical (unpaired) electrons. The van der Waals surface area contributed by atoms with Crippen molar-refractivity contribution in [3.05, 3.63) is 18.0 Å². The fraction of sp³-hybridized carbons (Fsp3) is 0.700. The third-order valence-corrected chi connectivity index (χ3v) is 2.76. The quantitative estimate of drug-likeness (QED) is 0.717. The minimum absolute atomic E-state index is 0.163. The van der Waals surface area contributed by atoms with E-state index in [4.69, 9.17) is 0 Å². The molecule has 1 rings (SSSR count). The van der Waals surface area contributed by atoms with Crippen LogP contribution in [-0.4, -0.2) is 46.1 Å². The summed E-state index contributed by atoms with van der Waals surface area (Å²) in [5.74, 6) is 0. The van der Waals surface area contributed by atoms with Gasteiger partial charge in [-0.05, 0) is 6.07 Å². The molecule has 0 aromatic carbocycles. The van der Waals surface area contributed by atoms with E-state index in [-0.39, 0.29) is 6.54 Å². The molecular formula is C10H16BrF2N3. The Kier molecular flexibility index (Phi) is 5.90. The summed E-state index contributed by atoms with van der Waals surface area (Å²) in [4.78, 5) is 1.76. The van der Waals surface area contributed by atoms with E-state index in [1.165, 1.54) is 0 Å². The van der Waals surface area contributed by atoms with Gasteiger partial charge in [-0.1, -0.05) is 15.9 Å². The first-order valence-electron chi connectivity index (χ1n) is 5.17.